The molecule has 0 radical (unpaired) electrons. The lowest BCUT2D eigenvalue weighted by atomic mass is 10.1. The molecule has 22 heavy (non-hydrogen) atoms. The van der Waals surface area contributed by atoms with Crippen molar-refractivity contribution in [3.8, 4) is 0 Å². The van der Waals surface area contributed by atoms with E-state index in [1.165, 1.54) is 31.1 Å². The van der Waals surface area contributed by atoms with E-state index >= 15 is 0 Å². The summed E-state index contributed by atoms with van der Waals surface area (Å²) in [5, 5.41) is 20.1. The number of nitro groups is 1. The number of nitrogens with zero attached hydrogens (tertiary/aromatic N) is 2. The standard InChI is InChI=1S/C14H18N2O6/c1-9(14(18)19)8-15(2)11-5-4-10(7-13(17)22-3)6-12(11)16(20)21/h4-6,9H,7-8H2,1-3H3,(H,18,19). The Balaban J connectivity index is 3.06. The number of esters is 1. The van der Waals surface area contributed by atoms with Gasteiger partial charge in [-0.3, -0.25) is 19.7 Å². The molecule has 0 aliphatic carbocycles. The lowest BCUT2D eigenvalue weighted by molar-refractivity contribution is -0.384. The number of carboxylic acids is 1. The molecule has 0 aromatic heterocycles. The van der Waals surface area contributed by atoms with Gasteiger partial charge in [0, 0.05) is 19.7 Å². The van der Waals surface area contributed by atoms with Crippen LogP contribution in [0.25, 0.3) is 0 Å². The van der Waals surface area contributed by atoms with E-state index in [0.717, 1.165) is 0 Å². The first kappa shape index (κ1) is 17.4. The predicted octanol–water partition coefficient (Wildman–Crippen LogP) is 1.47. The number of benzene rings is 1. The van der Waals surface area contributed by atoms with Gasteiger partial charge in [-0.05, 0) is 11.6 Å². The average molecular weight is 310 g/mol. The van der Waals surface area contributed by atoms with Crippen LogP contribution in [0.5, 0.6) is 0 Å². The number of hydrogen-bond donors (Lipinski definition) is 1. The number of carbonyl (C=O) groups excluding carboxylic acids is 1. The molecule has 8 heteroatoms. The molecule has 0 amide bonds. The van der Waals surface area contributed by atoms with Gasteiger partial charge < -0.3 is 14.7 Å². The monoisotopic (exact) mass is 310 g/mol. The molecule has 120 valence electrons. The van der Waals surface area contributed by atoms with E-state index in [0.29, 0.717) is 11.3 Å². The maximum Gasteiger partial charge on any atom is 0.309 e. The van der Waals surface area contributed by atoms with E-state index in [4.69, 9.17) is 5.11 Å². The number of carbonyl (C=O) groups is 2. The largest absolute Gasteiger partial charge is 0.481 e. The van der Waals surface area contributed by atoms with Crippen LogP contribution in [0, 0.1) is 16.0 Å². The third-order valence-electron chi connectivity index (χ3n) is 3.19. The minimum Gasteiger partial charge on any atom is -0.481 e. The second-order valence-corrected chi connectivity index (χ2v) is 4.95. The SMILES string of the molecule is COC(=O)Cc1ccc(N(C)CC(C)C(=O)O)c([N+](=O)[O-])c1. The van der Waals surface area contributed by atoms with Crippen LogP contribution in [-0.4, -0.2) is 42.7 Å². The Morgan fingerprint density at radius 2 is 2.09 bits per heavy atom. The fraction of sp³-hybridized carbons (Fsp3) is 0.429. The zero-order chi connectivity index (χ0) is 16.9. The molecule has 1 atom stereocenters. The number of rotatable bonds is 7. The van der Waals surface area contributed by atoms with Gasteiger partial charge in [-0.15, -0.1) is 0 Å². The van der Waals surface area contributed by atoms with Crippen molar-refractivity contribution in [1.82, 2.24) is 0 Å². The maximum absolute atomic E-state index is 11.2. The second-order valence-electron chi connectivity index (χ2n) is 4.95. The van der Waals surface area contributed by atoms with Crippen LogP contribution in [-0.2, 0) is 20.7 Å². The van der Waals surface area contributed by atoms with Crippen molar-refractivity contribution in [3.63, 3.8) is 0 Å². The van der Waals surface area contributed by atoms with E-state index < -0.39 is 22.8 Å². The first-order valence-electron chi connectivity index (χ1n) is 6.54. The van der Waals surface area contributed by atoms with Crippen molar-refractivity contribution >= 4 is 23.3 Å². The van der Waals surface area contributed by atoms with Crippen molar-refractivity contribution in [1.29, 1.82) is 0 Å². The number of hydrogen-bond acceptors (Lipinski definition) is 6. The molecule has 0 spiro atoms. The Morgan fingerprint density at radius 3 is 2.59 bits per heavy atom. The summed E-state index contributed by atoms with van der Waals surface area (Å²) in [4.78, 5) is 34.3. The maximum atomic E-state index is 11.2. The van der Waals surface area contributed by atoms with E-state index in [1.807, 2.05) is 0 Å². The Bertz CT molecular complexity index is 587. The summed E-state index contributed by atoms with van der Waals surface area (Å²) in [6.07, 6.45) is -0.0626. The molecule has 0 saturated carbocycles. The van der Waals surface area contributed by atoms with Gasteiger partial charge in [0.15, 0.2) is 0 Å². The van der Waals surface area contributed by atoms with Gasteiger partial charge in [0.2, 0.25) is 0 Å². The molecule has 1 aromatic rings. The zero-order valence-corrected chi connectivity index (χ0v) is 12.6. The van der Waals surface area contributed by atoms with E-state index in [2.05, 4.69) is 4.74 Å². The molecule has 0 aliphatic rings. The topological polar surface area (TPSA) is 110 Å². The quantitative estimate of drug-likeness (QED) is 0.461. The second kappa shape index (κ2) is 7.39. The van der Waals surface area contributed by atoms with Gasteiger partial charge in [-0.1, -0.05) is 13.0 Å². The Hall–Kier alpha value is -2.64. The summed E-state index contributed by atoms with van der Waals surface area (Å²) in [5.74, 6) is -2.13. The van der Waals surface area contributed by atoms with E-state index in [1.54, 1.807) is 13.1 Å². The first-order valence-corrected chi connectivity index (χ1v) is 6.54. The van der Waals surface area contributed by atoms with Gasteiger partial charge in [0.1, 0.15) is 5.69 Å². The average Bonchev–Trinajstić information content (AvgIpc) is 2.46. The van der Waals surface area contributed by atoms with Gasteiger partial charge in [0.05, 0.1) is 24.4 Å². The van der Waals surface area contributed by atoms with E-state index in [-0.39, 0.29) is 18.7 Å². The molecule has 1 rings (SSSR count). The third kappa shape index (κ3) is 4.44. The van der Waals surface area contributed by atoms with Crippen molar-refractivity contribution in [2.45, 2.75) is 13.3 Å². The fourth-order valence-corrected chi connectivity index (χ4v) is 1.97. The number of aliphatic carboxylic acids is 1. The molecular weight excluding hydrogens is 292 g/mol. The van der Waals surface area contributed by atoms with Crippen LogP contribution < -0.4 is 4.90 Å². The highest BCUT2D eigenvalue weighted by atomic mass is 16.6. The lowest BCUT2D eigenvalue weighted by Gasteiger charge is -2.21. The fourth-order valence-electron chi connectivity index (χ4n) is 1.97. The molecule has 0 heterocycles. The van der Waals surface area contributed by atoms with Gasteiger partial charge in [0.25, 0.3) is 5.69 Å². The number of anilines is 1. The van der Waals surface area contributed by atoms with Crippen molar-refractivity contribution < 1.29 is 24.4 Å². The summed E-state index contributed by atoms with van der Waals surface area (Å²) in [5.41, 5.74) is 0.579. The van der Waals surface area contributed by atoms with Crippen LogP contribution in [0.4, 0.5) is 11.4 Å². The summed E-state index contributed by atoms with van der Waals surface area (Å²) in [6.45, 7) is 1.66. The Kier molecular flexibility index (Phi) is 5.85. The highest BCUT2D eigenvalue weighted by Crippen LogP contribution is 2.29. The van der Waals surface area contributed by atoms with Gasteiger partial charge in [-0.25, -0.2) is 0 Å². The third-order valence-corrected chi connectivity index (χ3v) is 3.19. The zero-order valence-electron chi connectivity index (χ0n) is 12.6. The minimum atomic E-state index is -0.975. The molecule has 8 nitrogen and oxygen atoms in total. The minimum absolute atomic E-state index is 0.0626. The number of nitro benzene ring substituents is 1. The molecule has 0 fully saturated rings. The van der Waals surface area contributed by atoms with Crippen LogP contribution >= 0.6 is 0 Å². The molecular formula is C14H18N2O6. The van der Waals surface area contributed by atoms with Crippen LogP contribution in [0.1, 0.15) is 12.5 Å². The van der Waals surface area contributed by atoms with Gasteiger partial charge in [-0.2, -0.15) is 0 Å². The first-order chi connectivity index (χ1) is 10.3. The normalized spacial score (nSPS) is 11.6. The lowest BCUT2D eigenvalue weighted by Crippen LogP contribution is -2.28. The van der Waals surface area contributed by atoms with E-state index in [9.17, 15) is 19.7 Å². The Labute approximate surface area is 127 Å². The van der Waals surface area contributed by atoms with Gasteiger partial charge >= 0.3 is 11.9 Å². The highest BCUT2D eigenvalue weighted by molar-refractivity contribution is 5.74. The van der Waals surface area contributed by atoms with Crippen LogP contribution in [0.15, 0.2) is 18.2 Å². The number of carboxylic acid groups (broad SMARTS) is 1. The molecule has 1 unspecified atom stereocenters. The Morgan fingerprint density at radius 1 is 1.45 bits per heavy atom. The predicted molar refractivity (Wildman–Crippen MR) is 78.9 cm³/mol. The van der Waals surface area contributed by atoms with Crippen molar-refractivity contribution in [2.75, 3.05) is 25.6 Å². The molecule has 0 saturated heterocycles. The van der Waals surface area contributed by atoms with Crippen molar-refractivity contribution in [2.24, 2.45) is 5.92 Å². The summed E-state index contributed by atoms with van der Waals surface area (Å²) < 4.78 is 4.53. The van der Waals surface area contributed by atoms with Crippen molar-refractivity contribution in [3.05, 3.63) is 33.9 Å². The summed E-state index contributed by atoms with van der Waals surface area (Å²) >= 11 is 0. The van der Waals surface area contributed by atoms with Crippen LogP contribution in [0.3, 0.4) is 0 Å². The summed E-state index contributed by atoms with van der Waals surface area (Å²) in [6, 6.07) is 4.39. The summed E-state index contributed by atoms with van der Waals surface area (Å²) in [7, 11) is 2.83. The smallest absolute Gasteiger partial charge is 0.309 e. The molecule has 0 aliphatic heterocycles. The molecule has 0 bridgehead atoms. The number of methoxy groups -OCH3 is 1. The number of ether oxygens (including phenoxy) is 1. The molecule has 1 aromatic carbocycles. The highest BCUT2D eigenvalue weighted by Gasteiger charge is 2.21. The molecule has 1 N–H and O–H groups in total. The van der Waals surface area contributed by atoms with Crippen LogP contribution in [0.2, 0.25) is 0 Å².